The maximum absolute atomic E-state index is 11.8. The fourth-order valence-electron chi connectivity index (χ4n) is 1.22. The van der Waals surface area contributed by atoms with E-state index in [0.29, 0.717) is 11.3 Å². The summed E-state index contributed by atoms with van der Waals surface area (Å²) in [5, 5.41) is 0. The van der Waals surface area contributed by atoms with Crippen molar-refractivity contribution in [3.63, 3.8) is 0 Å². The maximum atomic E-state index is 11.8. The van der Waals surface area contributed by atoms with Gasteiger partial charge in [-0.15, -0.1) is 0 Å². The van der Waals surface area contributed by atoms with Crippen LogP contribution in [0.2, 0.25) is 0 Å². The molecule has 0 atom stereocenters. The largest absolute Gasteiger partial charge is 0.295 e. The molecule has 0 N–H and O–H groups in total. The van der Waals surface area contributed by atoms with Crippen molar-refractivity contribution in [3.05, 3.63) is 42.5 Å². The minimum atomic E-state index is -3.22. The van der Waals surface area contributed by atoms with Gasteiger partial charge in [0.05, 0.1) is 10.6 Å². The number of ketones is 1. The van der Waals surface area contributed by atoms with Crippen LogP contribution in [0.5, 0.6) is 0 Å². The average molecular weight is 238 g/mol. The van der Waals surface area contributed by atoms with E-state index in [-0.39, 0.29) is 11.5 Å². The highest BCUT2D eigenvalue weighted by molar-refractivity contribution is 7.91. The molecule has 4 heteroatoms. The van der Waals surface area contributed by atoms with E-state index in [1.165, 1.54) is 13.0 Å². The Hall–Kier alpha value is -1.42. The van der Waals surface area contributed by atoms with E-state index in [1.807, 2.05) is 0 Å². The fourth-order valence-corrected chi connectivity index (χ4v) is 2.47. The molecule has 0 spiro atoms. The van der Waals surface area contributed by atoms with Gasteiger partial charge in [0.1, 0.15) is 0 Å². The first-order chi connectivity index (χ1) is 7.52. The van der Waals surface area contributed by atoms with Gasteiger partial charge in [-0.1, -0.05) is 24.3 Å². The lowest BCUT2D eigenvalue weighted by atomic mass is 10.3. The van der Waals surface area contributed by atoms with E-state index in [9.17, 15) is 13.2 Å². The predicted molar refractivity (Wildman–Crippen MR) is 62.9 cm³/mol. The van der Waals surface area contributed by atoms with E-state index in [1.54, 1.807) is 36.4 Å². The number of carbonyl (C=O) groups excluding carboxylic acids is 1. The third kappa shape index (κ3) is 3.98. The number of benzene rings is 1. The summed E-state index contributed by atoms with van der Waals surface area (Å²) in [4.78, 5) is 10.9. The summed E-state index contributed by atoms with van der Waals surface area (Å²) in [6.07, 6.45) is 3.33. The molecule has 0 heterocycles. The minimum Gasteiger partial charge on any atom is -0.295 e. The average Bonchev–Trinajstić information content (AvgIpc) is 2.26. The molecule has 1 aromatic carbocycles. The van der Waals surface area contributed by atoms with Crippen molar-refractivity contribution < 1.29 is 13.2 Å². The van der Waals surface area contributed by atoms with E-state index in [0.717, 1.165) is 0 Å². The molecule has 0 saturated heterocycles. The first-order valence-electron chi connectivity index (χ1n) is 4.97. The quantitative estimate of drug-likeness (QED) is 0.737. The van der Waals surface area contributed by atoms with Gasteiger partial charge in [0.15, 0.2) is 15.6 Å². The van der Waals surface area contributed by atoms with Gasteiger partial charge in [-0.3, -0.25) is 4.79 Å². The van der Waals surface area contributed by atoms with Gasteiger partial charge in [-0.2, -0.15) is 0 Å². The normalized spacial score (nSPS) is 11.8. The molecule has 0 unspecified atom stereocenters. The van der Waals surface area contributed by atoms with Crippen molar-refractivity contribution in [2.45, 2.75) is 18.2 Å². The Kier molecular flexibility index (Phi) is 4.43. The van der Waals surface area contributed by atoms with Crippen molar-refractivity contribution in [1.29, 1.82) is 0 Å². The molecule has 0 amide bonds. The highest BCUT2D eigenvalue weighted by Crippen LogP contribution is 2.11. The van der Waals surface area contributed by atoms with Gasteiger partial charge in [0, 0.05) is 0 Å². The van der Waals surface area contributed by atoms with Crippen LogP contribution >= 0.6 is 0 Å². The van der Waals surface area contributed by atoms with Gasteiger partial charge in [-0.25, -0.2) is 8.42 Å². The Morgan fingerprint density at radius 1 is 1.25 bits per heavy atom. The summed E-state index contributed by atoms with van der Waals surface area (Å²) in [7, 11) is -3.22. The third-order valence-electron chi connectivity index (χ3n) is 2.01. The van der Waals surface area contributed by atoms with Gasteiger partial charge < -0.3 is 0 Å². The number of hydrogen-bond donors (Lipinski definition) is 0. The third-order valence-corrected chi connectivity index (χ3v) is 3.77. The second kappa shape index (κ2) is 5.61. The summed E-state index contributed by atoms with van der Waals surface area (Å²) in [6.45, 7) is 1.43. The molecule has 0 aliphatic carbocycles. The van der Waals surface area contributed by atoms with E-state index < -0.39 is 9.84 Å². The molecule has 0 aliphatic heterocycles. The van der Waals surface area contributed by atoms with Crippen molar-refractivity contribution in [3.8, 4) is 0 Å². The standard InChI is InChI=1S/C12H14O3S/c1-11(13)7-5-6-10-16(14,15)12-8-3-2-4-9-12/h2-5,7-9H,6,10H2,1H3. The Morgan fingerprint density at radius 3 is 2.44 bits per heavy atom. The molecule has 0 radical (unpaired) electrons. The zero-order valence-electron chi connectivity index (χ0n) is 9.09. The Labute approximate surface area is 95.7 Å². The topological polar surface area (TPSA) is 51.2 Å². The van der Waals surface area contributed by atoms with Crippen molar-refractivity contribution in [1.82, 2.24) is 0 Å². The first kappa shape index (κ1) is 12.6. The molecule has 0 fully saturated rings. The Balaban J connectivity index is 2.64. The highest BCUT2D eigenvalue weighted by atomic mass is 32.2. The van der Waals surface area contributed by atoms with Crippen LogP contribution in [0, 0.1) is 0 Å². The summed E-state index contributed by atoms with van der Waals surface area (Å²) in [6, 6.07) is 8.30. The lowest BCUT2D eigenvalue weighted by Gasteiger charge is -2.01. The van der Waals surface area contributed by atoms with E-state index >= 15 is 0 Å². The maximum Gasteiger partial charge on any atom is 0.178 e. The summed E-state index contributed by atoms with van der Waals surface area (Å²) < 4.78 is 23.5. The number of allylic oxidation sites excluding steroid dienone is 2. The second-order valence-corrected chi connectivity index (χ2v) is 5.54. The zero-order chi connectivity index (χ0) is 12.0. The molecular formula is C12H14O3S. The van der Waals surface area contributed by atoms with Gasteiger partial charge >= 0.3 is 0 Å². The SMILES string of the molecule is CC(=O)C=CCCS(=O)(=O)c1ccccc1. The molecule has 86 valence electrons. The number of rotatable bonds is 5. The van der Waals surface area contributed by atoms with Gasteiger partial charge in [0.25, 0.3) is 0 Å². The highest BCUT2D eigenvalue weighted by Gasteiger charge is 2.11. The molecule has 0 bridgehead atoms. The van der Waals surface area contributed by atoms with Crippen LogP contribution in [0.4, 0.5) is 0 Å². The minimum absolute atomic E-state index is 0.0286. The summed E-state index contributed by atoms with van der Waals surface area (Å²) >= 11 is 0. The lowest BCUT2D eigenvalue weighted by molar-refractivity contribution is -0.112. The van der Waals surface area contributed by atoms with Gasteiger partial charge in [-0.05, 0) is 31.6 Å². The molecule has 3 nitrogen and oxygen atoms in total. The fraction of sp³-hybridized carbons (Fsp3) is 0.250. The van der Waals surface area contributed by atoms with E-state index in [2.05, 4.69) is 0 Å². The lowest BCUT2D eigenvalue weighted by Crippen LogP contribution is -2.05. The van der Waals surface area contributed by atoms with Crippen molar-refractivity contribution in [2.75, 3.05) is 5.75 Å². The number of hydrogen-bond acceptors (Lipinski definition) is 3. The Bertz CT molecular complexity index is 472. The first-order valence-corrected chi connectivity index (χ1v) is 6.62. The van der Waals surface area contributed by atoms with Gasteiger partial charge in [0.2, 0.25) is 0 Å². The molecule has 0 aliphatic rings. The number of sulfone groups is 1. The summed E-state index contributed by atoms with van der Waals surface area (Å²) in [5.41, 5.74) is 0. The Morgan fingerprint density at radius 2 is 1.88 bits per heavy atom. The molecule has 0 aromatic heterocycles. The monoisotopic (exact) mass is 238 g/mol. The summed E-state index contributed by atoms with van der Waals surface area (Å²) in [5.74, 6) is -0.0436. The van der Waals surface area contributed by atoms with Crippen LogP contribution in [0.15, 0.2) is 47.4 Å². The van der Waals surface area contributed by atoms with Crippen LogP contribution in [-0.4, -0.2) is 20.0 Å². The van der Waals surface area contributed by atoms with Crippen LogP contribution in [-0.2, 0) is 14.6 Å². The van der Waals surface area contributed by atoms with Crippen LogP contribution in [0.3, 0.4) is 0 Å². The number of carbonyl (C=O) groups is 1. The van der Waals surface area contributed by atoms with Crippen molar-refractivity contribution in [2.24, 2.45) is 0 Å². The van der Waals surface area contributed by atoms with Crippen LogP contribution < -0.4 is 0 Å². The molecule has 1 rings (SSSR count). The zero-order valence-corrected chi connectivity index (χ0v) is 9.91. The molecular weight excluding hydrogens is 224 g/mol. The molecule has 1 aromatic rings. The van der Waals surface area contributed by atoms with E-state index in [4.69, 9.17) is 0 Å². The predicted octanol–water partition coefficient (Wildman–Crippen LogP) is 2.00. The van der Waals surface area contributed by atoms with Crippen molar-refractivity contribution >= 4 is 15.6 Å². The van der Waals surface area contributed by atoms with Crippen LogP contribution in [0.1, 0.15) is 13.3 Å². The van der Waals surface area contributed by atoms with Crippen LogP contribution in [0.25, 0.3) is 0 Å². The molecule has 0 saturated carbocycles. The second-order valence-electron chi connectivity index (χ2n) is 3.43. The smallest absolute Gasteiger partial charge is 0.178 e. The molecule has 16 heavy (non-hydrogen) atoms.